The van der Waals surface area contributed by atoms with Crippen LogP contribution in [0.15, 0.2) is 34.7 Å². The first kappa shape index (κ1) is 12.9. The molecule has 17 heavy (non-hydrogen) atoms. The Morgan fingerprint density at radius 3 is 2.82 bits per heavy atom. The number of furan rings is 1. The van der Waals surface area contributed by atoms with E-state index >= 15 is 0 Å². The maximum Gasteiger partial charge on any atom is 0.135 e. The third-order valence-corrected chi connectivity index (χ3v) is 3.39. The molecule has 0 radical (unpaired) electrons. The summed E-state index contributed by atoms with van der Waals surface area (Å²) in [6, 6.07) is 9.88. The van der Waals surface area contributed by atoms with Crippen LogP contribution in [0.25, 0.3) is 11.3 Å². The third kappa shape index (κ3) is 3.24. The smallest absolute Gasteiger partial charge is 0.135 e. The van der Waals surface area contributed by atoms with Crippen LogP contribution in [0.1, 0.15) is 12.7 Å². The summed E-state index contributed by atoms with van der Waals surface area (Å²) in [7, 11) is 0. The van der Waals surface area contributed by atoms with Crippen molar-refractivity contribution >= 4 is 34.2 Å². The number of hydrogen-bond acceptors (Lipinski definition) is 2. The lowest BCUT2D eigenvalue weighted by molar-refractivity contribution is 0.498. The minimum absolute atomic E-state index is 0.723. The Kier molecular flexibility index (Phi) is 4.48. The molecule has 0 bridgehead atoms. The summed E-state index contributed by atoms with van der Waals surface area (Å²) in [5.41, 5.74) is 0.940. The van der Waals surface area contributed by atoms with Crippen molar-refractivity contribution in [3.63, 3.8) is 0 Å². The molecule has 2 aromatic rings. The summed E-state index contributed by atoms with van der Waals surface area (Å²) in [6.07, 6.45) is 0. The van der Waals surface area contributed by atoms with Gasteiger partial charge in [-0.05, 0) is 59.5 Å². The molecule has 0 spiro atoms. The summed E-state index contributed by atoms with van der Waals surface area (Å²) in [5, 5.41) is 3.95. The second-order valence-electron chi connectivity index (χ2n) is 3.67. The zero-order chi connectivity index (χ0) is 12.3. The molecule has 0 aliphatic rings. The molecule has 0 amide bonds. The summed E-state index contributed by atoms with van der Waals surface area (Å²) in [6.45, 7) is 3.75. The van der Waals surface area contributed by atoms with Gasteiger partial charge in [-0.25, -0.2) is 0 Å². The van der Waals surface area contributed by atoms with Gasteiger partial charge in [0.05, 0.1) is 11.6 Å². The molecule has 0 unspecified atom stereocenters. The second-order valence-corrected chi connectivity index (χ2v) is 5.32. The summed E-state index contributed by atoms with van der Waals surface area (Å²) < 4.78 is 6.86. The fourth-order valence-electron chi connectivity index (χ4n) is 1.56. The lowest BCUT2D eigenvalue weighted by atomic mass is 10.2. The van der Waals surface area contributed by atoms with Crippen molar-refractivity contribution in [3.05, 3.63) is 44.7 Å². The van der Waals surface area contributed by atoms with Crippen molar-refractivity contribution in [1.29, 1.82) is 0 Å². The summed E-state index contributed by atoms with van der Waals surface area (Å²) in [5.74, 6) is 1.75. The van der Waals surface area contributed by atoms with Gasteiger partial charge in [-0.3, -0.25) is 0 Å². The molecule has 0 atom stereocenters. The maximum atomic E-state index is 6.20. The standard InChI is InChI=1S/C13H13ClINO/c1-2-16-8-10-4-6-13(17-10)11-5-3-9(15)7-12(11)14/h3-7,16H,2,8H2,1H3. The van der Waals surface area contributed by atoms with E-state index in [1.54, 1.807) is 0 Å². The largest absolute Gasteiger partial charge is 0.460 e. The van der Waals surface area contributed by atoms with Crippen molar-refractivity contribution in [2.24, 2.45) is 0 Å². The molecule has 1 N–H and O–H groups in total. The van der Waals surface area contributed by atoms with Crippen LogP contribution in [0.4, 0.5) is 0 Å². The van der Waals surface area contributed by atoms with Gasteiger partial charge in [0, 0.05) is 9.13 Å². The van der Waals surface area contributed by atoms with E-state index in [1.165, 1.54) is 0 Å². The van der Waals surface area contributed by atoms with Gasteiger partial charge in [0.25, 0.3) is 0 Å². The van der Waals surface area contributed by atoms with Crippen LogP contribution in [0, 0.1) is 3.57 Å². The quantitative estimate of drug-likeness (QED) is 0.821. The minimum Gasteiger partial charge on any atom is -0.460 e. The van der Waals surface area contributed by atoms with Gasteiger partial charge in [-0.1, -0.05) is 18.5 Å². The van der Waals surface area contributed by atoms with Crippen LogP contribution in [0.3, 0.4) is 0 Å². The Morgan fingerprint density at radius 1 is 1.29 bits per heavy atom. The molecule has 0 aliphatic carbocycles. The Bertz CT molecular complexity index is 510. The molecule has 1 aromatic heterocycles. The van der Waals surface area contributed by atoms with Gasteiger partial charge in [0.2, 0.25) is 0 Å². The number of nitrogens with one attached hydrogen (secondary N) is 1. The third-order valence-electron chi connectivity index (χ3n) is 2.41. The van der Waals surface area contributed by atoms with E-state index in [-0.39, 0.29) is 0 Å². The average Bonchev–Trinajstić information content (AvgIpc) is 2.75. The zero-order valence-electron chi connectivity index (χ0n) is 9.47. The van der Waals surface area contributed by atoms with Gasteiger partial charge < -0.3 is 9.73 Å². The second kappa shape index (κ2) is 5.89. The fraction of sp³-hybridized carbons (Fsp3) is 0.231. The Hall–Kier alpha value is -0.520. The highest BCUT2D eigenvalue weighted by Crippen LogP contribution is 2.30. The van der Waals surface area contributed by atoms with Crippen molar-refractivity contribution in [2.45, 2.75) is 13.5 Å². The Labute approximate surface area is 119 Å². The molecule has 90 valence electrons. The highest BCUT2D eigenvalue weighted by Gasteiger charge is 2.08. The first-order valence-corrected chi connectivity index (χ1v) is 6.91. The number of rotatable bonds is 4. The molecule has 1 heterocycles. The van der Waals surface area contributed by atoms with Crippen molar-refractivity contribution in [1.82, 2.24) is 5.32 Å². The Morgan fingerprint density at radius 2 is 2.12 bits per heavy atom. The molecule has 0 saturated heterocycles. The predicted octanol–water partition coefficient (Wildman–Crippen LogP) is 4.31. The first-order valence-electron chi connectivity index (χ1n) is 5.45. The van der Waals surface area contributed by atoms with E-state index in [9.17, 15) is 0 Å². The van der Waals surface area contributed by atoms with Crippen LogP contribution in [-0.2, 0) is 6.54 Å². The molecular formula is C13H13ClINO. The minimum atomic E-state index is 0.723. The molecule has 2 nitrogen and oxygen atoms in total. The lowest BCUT2D eigenvalue weighted by Gasteiger charge is -2.02. The molecule has 0 saturated carbocycles. The van der Waals surface area contributed by atoms with Crippen LogP contribution in [-0.4, -0.2) is 6.54 Å². The predicted molar refractivity (Wildman–Crippen MR) is 79.3 cm³/mol. The van der Waals surface area contributed by atoms with E-state index in [0.29, 0.717) is 0 Å². The fourth-order valence-corrected chi connectivity index (χ4v) is 2.50. The van der Waals surface area contributed by atoms with Gasteiger partial charge >= 0.3 is 0 Å². The molecular weight excluding hydrogens is 349 g/mol. The lowest BCUT2D eigenvalue weighted by Crippen LogP contribution is -2.10. The van der Waals surface area contributed by atoms with Crippen LogP contribution in [0.2, 0.25) is 5.02 Å². The van der Waals surface area contributed by atoms with E-state index < -0.39 is 0 Å². The van der Waals surface area contributed by atoms with Gasteiger partial charge in [-0.15, -0.1) is 0 Å². The SMILES string of the molecule is CCNCc1ccc(-c2ccc(I)cc2Cl)o1. The van der Waals surface area contributed by atoms with Gasteiger partial charge in [0.1, 0.15) is 11.5 Å². The number of halogens is 2. The van der Waals surface area contributed by atoms with Gasteiger partial charge in [-0.2, -0.15) is 0 Å². The van der Waals surface area contributed by atoms with E-state index in [4.69, 9.17) is 16.0 Å². The van der Waals surface area contributed by atoms with Crippen LogP contribution >= 0.6 is 34.2 Å². The monoisotopic (exact) mass is 361 g/mol. The normalized spacial score (nSPS) is 10.8. The van der Waals surface area contributed by atoms with E-state index in [1.807, 2.05) is 30.3 Å². The first-order chi connectivity index (χ1) is 8.20. The number of hydrogen-bond donors (Lipinski definition) is 1. The van der Waals surface area contributed by atoms with Gasteiger partial charge in [0.15, 0.2) is 0 Å². The molecule has 4 heteroatoms. The highest BCUT2D eigenvalue weighted by atomic mass is 127. The molecule has 0 fully saturated rings. The molecule has 1 aromatic carbocycles. The van der Waals surface area contributed by atoms with E-state index in [2.05, 4.69) is 34.8 Å². The van der Waals surface area contributed by atoms with Crippen molar-refractivity contribution in [2.75, 3.05) is 6.54 Å². The van der Waals surface area contributed by atoms with Crippen LogP contribution in [0.5, 0.6) is 0 Å². The topological polar surface area (TPSA) is 25.2 Å². The average molecular weight is 362 g/mol. The van der Waals surface area contributed by atoms with Crippen molar-refractivity contribution < 1.29 is 4.42 Å². The van der Waals surface area contributed by atoms with Crippen molar-refractivity contribution in [3.8, 4) is 11.3 Å². The van der Waals surface area contributed by atoms with Crippen LogP contribution < -0.4 is 5.32 Å². The zero-order valence-corrected chi connectivity index (χ0v) is 12.4. The molecule has 2 rings (SSSR count). The summed E-state index contributed by atoms with van der Waals surface area (Å²) >= 11 is 8.44. The highest BCUT2D eigenvalue weighted by molar-refractivity contribution is 14.1. The molecule has 0 aliphatic heterocycles. The maximum absolute atomic E-state index is 6.20. The summed E-state index contributed by atoms with van der Waals surface area (Å²) in [4.78, 5) is 0. The van der Waals surface area contributed by atoms with E-state index in [0.717, 1.165) is 38.8 Å². The Balaban J connectivity index is 2.24. The number of benzene rings is 1.